The van der Waals surface area contributed by atoms with Crippen molar-refractivity contribution in [2.45, 2.75) is 56.8 Å². The van der Waals surface area contributed by atoms with E-state index in [0.29, 0.717) is 31.7 Å². The first kappa shape index (κ1) is 33.5. The minimum Gasteiger partial charge on any atom is -0.317 e. The Hall–Kier alpha value is -0.960. The Kier molecular flexibility index (Phi) is 15.6. The SMILES string of the molecule is BrCCBr.Clc1ccc(C2CCNCC2)cc1.O=C1CCCC(=O)N1CCN1CCC(c2ccc(Cl)cc2)CC1. The Bertz CT molecular complexity index is 1010. The zero-order valence-electron chi connectivity index (χ0n) is 23.1. The van der Waals surface area contributed by atoms with Gasteiger partial charge in [0, 0.05) is 46.6 Å². The molecule has 3 fully saturated rings. The number of nitrogens with zero attached hydrogens (tertiary/aromatic N) is 2. The number of alkyl halides is 2. The van der Waals surface area contributed by atoms with Gasteiger partial charge >= 0.3 is 0 Å². The molecule has 5 nitrogen and oxygen atoms in total. The summed E-state index contributed by atoms with van der Waals surface area (Å²) in [7, 11) is 0. The largest absolute Gasteiger partial charge is 0.317 e. The van der Waals surface area contributed by atoms with Gasteiger partial charge in [0.2, 0.25) is 11.8 Å². The van der Waals surface area contributed by atoms with Crippen molar-refractivity contribution in [3.63, 3.8) is 0 Å². The number of amides is 2. The van der Waals surface area contributed by atoms with Crippen LogP contribution < -0.4 is 5.32 Å². The van der Waals surface area contributed by atoms with Crippen LogP contribution in [0.15, 0.2) is 48.5 Å². The molecule has 2 aromatic carbocycles. The molecule has 40 heavy (non-hydrogen) atoms. The van der Waals surface area contributed by atoms with Crippen LogP contribution in [0.25, 0.3) is 0 Å². The molecule has 0 aromatic heterocycles. The molecule has 5 rings (SSSR count). The van der Waals surface area contributed by atoms with Crippen molar-refractivity contribution in [3.05, 3.63) is 69.7 Å². The van der Waals surface area contributed by atoms with Gasteiger partial charge in [0.25, 0.3) is 0 Å². The summed E-state index contributed by atoms with van der Waals surface area (Å²) in [5.74, 6) is 1.31. The van der Waals surface area contributed by atoms with Crippen LogP contribution in [0.1, 0.15) is 67.9 Å². The van der Waals surface area contributed by atoms with Gasteiger partial charge in [0.15, 0.2) is 0 Å². The number of benzene rings is 2. The maximum absolute atomic E-state index is 11.8. The molecule has 3 aliphatic heterocycles. The first-order valence-electron chi connectivity index (χ1n) is 14.3. The summed E-state index contributed by atoms with van der Waals surface area (Å²) >= 11 is 18.2. The number of hydrogen-bond donors (Lipinski definition) is 1. The van der Waals surface area contributed by atoms with E-state index in [0.717, 1.165) is 72.2 Å². The van der Waals surface area contributed by atoms with E-state index in [4.69, 9.17) is 23.2 Å². The third-order valence-electron chi connectivity index (χ3n) is 7.70. The second kappa shape index (κ2) is 18.6. The van der Waals surface area contributed by atoms with E-state index in [9.17, 15) is 9.59 Å². The zero-order chi connectivity index (χ0) is 28.7. The third-order valence-corrected chi connectivity index (χ3v) is 10.1. The standard InChI is InChI=1S/C18H23ClN2O2.C11H14ClN.C2H4Br2/c19-16-6-4-14(5-7-16)15-8-10-20(11-9-15)12-13-21-17(22)2-1-3-18(21)23;12-11-3-1-9(2-4-11)10-5-7-13-8-6-10;3-1-2-4/h4-7,15H,1-3,8-13H2;1-4,10,13H,5-8H2;1-2H2. The molecule has 2 amide bonds. The number of imide groups is 1. The Labute approximate surface area is 266 Å². The number of carbonyl (C=O) groups is 2. The molecule has 220 valence electrons. The molecular weight excluding hydrogens is 677 g/mol. The fraction of sp³-hybridized carbons (Fsp3) is 0.548. The summed E-state index contributed by atoms with van der Waals surface area (Å²) in [6, 6.07) is 16.4. The van der Waals surface area contributed by atoms with Gasteiger partial charge in [-0.05, 0) is 106 Å². The number of carbonyl (C=O) groups excluding carboxylic acids is 2. The first-order valence-corrected chi connectivity index (χ1v) is 17.3. The monoisotopic (exact) mass is 715 g/mol. The van der Waals surface area contributed by atoms with Crippen LogP contribution in [0, 0.1) is 0 Å². The molecule has 9 heteroatoms. The number of halogens is 4. The van der Waals surface area contributed by atoms with E-state index in [-0.39, 0.29) is 11.8 Å². The third kappa shape index (κ3) is 11.4. The second-order valence-electron chi connectivity index (χ2n) is 10.4. The van der Waals surface area contributed by atoms with Gasteiger partial charge in [-0.15, -0.1) is 0 Å². The number of piperidine rings is 3. The highest BCUT2D eigenvalue weighted by molar-refractivity contribution is 9.11. The van der Waals surface area contributed by atoms with Crippen molar-refractivity contribution in [2.24, 2.45) is 0 Å². The van der Waals surface area contributed by atoms with Crippen molar-refractivity contribution in [3.8, 4) is 0 Å². The van der Waals surface area contributed by atoms with Gasteiger partial charge < -0.3 is 10.2 Å². The van der Waals surface area contributed by atoms with E-state index in [2.05, 4.69) is 66.3 Å². The molecule has 0 bridgehead atoms. The van der Waals surface area contributed by atoms with Gasteiger partial charge in [-0.3, -0.25) is 14.5 Å². The highest BCUT2D eigenvalue weighted by atomic mass is 79.9. The zero-order valence-corrected chi connectivity index (χ0v) is 27.8. The van der Waals surface area contributed by atoms with E-state index >= 15 is 0 Å². The normalized spacial score (nSPS) is 18.9. The molecule has 3 saturated heterocycles. The van der Waals surface area contributed by atoms with E-state index in [1.165, 1.54) is 28.9 Å². The summed E-state index contributed by atoms with van der Waals surface area (Å²) in [4.78, 5) is 27.5. The summed E-state index contributed by atoms with van der Waals surface area (Å²) in [5, 5.41) is 7.08. The van der Waals surface area contributed by atoms with Crippen LogP contribution in [-0.4, -0.2) is 71.5 Å². The highest BCUT2D eigenvalue weighted by Gasteiger charge is 2.27. The topological polar surface area (TPSA) is 52.7 Å². The predicted octanol–water partition coefficient (Wildman–Crippen LogP) is 7.64. The second-order valence-corrected chi connectivity index (χ2v) is 12.9. The minimum absolute atomic E-state index is 0.00250. The molecule has 3 heterocycles. The molecule has 0 aliphatic carbocycles. The Morgan fingerprint density at radius 2 is 1.15 bits per heavy atom. The lowest BCUT2D eigenvalue weighted by atomic mass is 9.89. The molecule has 0 saturated carbocycles. The smallest absolute Gasteiger partial charge is 0.229 e. The number of hydrogen-bond acceptors (Lipinski definition) is 4. The first-order chi connectivity index (χ1) is 19.4. The Morgan fingerprint density at radius 3 is 1.60 bits per heavy atom. The van der Waals surface area contributed by atoms with Gasteiger partial charge in [0.05, 0.1) is 0 Å². The van der Waals surface area contributed by atoms with Crippen LogP contribution in [0.4, 0.5) is 0 Å². The highest BCUT2D eigenvalue weighted by Crippen LogP contribution is 2.29. The summed E-state index contributed by atoms with van der Waals surface area (Å²) in [6.07, 6.45) is 6.48. The van der Waals surface area contributed by atoms with E-state index in [1.54, 1.807) is 0 Å². The molecule has 0 spiro atoms. The Balaban J connectivity index is 0.000000218. The van der Waals surface area contributed by atoms with Gasteiger partial charge in [-0.1, -0.05) is 79.3 Å². The maximum Gasteiger partial charge on any atom is 0.229 e. The molecule has 1 N–H and O–H groups in total. The van der Waals surface area contributed by atoms with Crippen molar-refractivity contribution >= 4 is 66.9 Å². The van der Waals surface area contributed by atoms with E-state index in [1.807, 2.05) is 24.3 Å². The summed E-state index contributed by atoms with van der Waals surface area (Å²) in [5.41, 5.74) is 2.79. The van der Waals surface area contributed by atoms with Crippen LogP contribution in [-0.2, 0) is 9.59 Å². The van der Waals surface area contributed by atoms with Crippen LogP contribution in [0.5, 0.6) is 0 Å². The van der Waals surface area contributed by atoms with Crippen molar-refractivity contribution in [2.75, 3.05) is 49.9 Å². The van der Waals surface area contributed by atoms with Crippen LogP contribution in [0.3, 0.4) is 0 Å². The lowest BCUT2D eigenvalue weighted by molar-refractivity contribution is -0.148. The lowest BCUT2D eigenvalue weighted by Gasteiger charge is -2.34. The average Bonchev–Trinajstić information content (AvgIpc) is 2.99. The number of nitrogens with one attached hydrogen (secondary N) is 1. The molecule has 3 aliphatic rings. The van der Waals surface area contributed by atoms with E-state index < -0.39 is 0 Å². The molecule has 0 radical (unpaired) electrons. The number of likely N-dealkylation sites (tertiary alicyclic amines) is 2. The number of rotatable bonds is 6. The van der Waals surface area contributed by atoms with Gasteiger partial charge in [0.1, 0.15) is 0 Å². The van der Waals surface area contributed by atoms with Crippen molar-refractivity contribution in [1.29, 1.82) is 0 Å². The maximum atomic E-state index is 11.8. The van der Waals surface area contributed by atoms with Gasteiger partial charge in [-0.2, -0.15) is 0 Å². The minimum atomic E-state index is -0.00250. The van der Waals surface area contributed by atoms with Crippen LogP contribution >= 0.6 is 55.1 Å². The molecule has 0 atom stereocenters. The van der Waals surface area contributed by atoms with Crippen LogP contribution in [0.2, 0.25) is 10.0 Å². The molecule has 2 aromatic rings. The quantitative estimate of drug-likeness (QED) is 0.247. The predicted molar refractivity (Wildman–Crippen MR) is 174 cm³/mol. The fourth-order valence-corrected chi connectivity index (χ4v) is 5.66. The summed E-state index contributed by atoms with van der Waals surface area (Å²) < 4.78 is 0. The Morgan fingerprint density at radius 1 is 0.700 bits per heavy atom. The van der Waals surface area contributed by atoms with Crippen molar-refractivity contribution < 1.29 is 9.59 Å². The molecule has 0 unspecified atom stereocenters. The molecular formula is C31H41Br2Cl2N3O2. The average molecular weight is 718 g/mol. The summed E-state index contributed by atoms with van der Waals surface area (Å²) in [6.45, 7) is 5.67. The fourth-order valence-electron chi connectivity index (χ4n) is 5.41. The van der Waals surface area contributed by atoms with Crippen molar-refractivity contribution in [1.82, 2.24) is 15.1 Å². The van der Waals surface area contributed by atoms with Gasteiger partial charge in [-0.25, -0.2) is 0 Å². The lowest BCUT2D eigenvalue weighted by Crippen LogP contribution is -2.45.